The summed E-state index contributed by atoms with van der Waals surface area (Å²) in [5.74, 6) is -8.93. The molecule has 7 heterocycles. The standard InChI is InChI=1S/C55H98N2O55P4/c1-15(64)95-41-24(14-94-113(83,84)85)99-50(33(77)30(41)74)107-46-37(18(67)9-59)101-51(104-42-20(110-116(90,91)112-115(88,89)93-6-4-57)7-55(82,54(80)81)109-38(42)19(68)10-60)35(79)44(46)105-52-45(28(72)27(71)40(103-52)23(13-63)111-114(86,87)92-5-3-56)106-53-47(43(96-16(2)65)34(78)36(100-53)17(66)8-58)108-49-32(76)29(73)39(22(12-62)98-49)102-48-31(75)26(70)25(69)21(11-61)97-48/h17-53,58-63,66-79,82H,3-14,56-57H2,1-2H3,(H,80,81)(H,86,87)(H,88,89)(H,90,91)(H2,83,84,85)/t17-,18-,19+,20+,21+,22+,23-,24+,25-,26-,27-,28-,29+,30+,31+,32+,33+,34+,35-,36+,37+,38+,39+,40+,41+,42+,43-,44+,45-,46+,47-,48-,49-,50-,51+,52+,53+,55+/m0/s1. The summed E-state index contributed by atoms with van der Waals surface area (Å²) in [4.78, 5) is 89.8. The Balaban J connectivity index is 1.45. The average molecular weight is 1790 g/mol. The van der Waals surface area contributed by atoms with Crippen LogP contribution in [-0.4, -0.2) is 460 Å². The van der Waals surface area contributed by atoms with Crippen molar-refractivity contribution in [1.82, 2.24) is 0 Å². The molecule has 0 saturated carbocycles. The Hall–Kier alpha value is -2.55. The van der Waals surface area contributed by atoms with Gasteiger partial charge in [-0.15, -0.1) is 0 Å². The minimum absolute atomic E-state index is 0.518. The van der Waals surface area contributed by atoms with E-state index in [9.17, 15) is 169 Å². The minimum atomic E-state index is -6.39. The van der Waals surface area contributed by atoms with Crippen LogP contribution in [-0.2, 0) is 131 Å². The quantitative estimate of drug-likeness (QED) is 0.0200. The molecule has 0 amide bonds. The zero-order valence-electron chi connectivity index (χ0n) is 60.3. The van der Waals surface area contributed by atoms with Crippen LogP contribution in [0, 0.1) is 0 Å². The SMILES string of the molecule is CC(=O)O[C@H]1[C@H](O)[C@@H]([C@@H](O)CO)O[C@H](O[C@@H]2[C@@H](O[C@@H]3[C@H](O)[C@@H](O[C@H]4[C@@H]([C@H](O)CO)O[C@@](O)(C(=O)O)C[C@H]4OP(=O)(O)OP(=O)(O)OCCN)O[C@H]([C@@H](O)CO)[C@H]3O[C@@H]3O[C@H](COP(=O)(O)O)[C@@H](OC(C)=O)[C@H](O)[C@H]3O)O[C@H]([C@H](CO)OP(=O)(O)OCCN)[C@@H](O)[C@@H]2O)[C@H]1O[C@@H]1O[C@H](CO)[C@@H](O[C@@H]2O[C@H](CO)[C@H](O)[C@H](O)[C@H]2O)[C@H](O)[C@H]1O. The van der Waals surface area contributed by atoms with Gasteiger partial charge in [-0.05, 0) is 0 Å². The van der Waals surface area contributed by atoms with Crippen LogP contribution in [0.3, 0.4) is 0 Å². The second-order valence-corrected chi connectivity index (χ2v) is 32.3. The smallest absolute Gasteiger partial charge is 0.477 e. The van der Waals surface area contributed by atoms with Gasteiger partial charge in [0.15, 0.2) is 56.1 Å². The molecule has 7 rings (SSSR count). The maximum atomic E-state index is 13.7. The maximum absolute atomic E-state index is 13.7. The minimum Gasteiger partial charge on any atom is -0.477 e. The molecule has 678 valence electrons. The lowest BCUT2D eigenvalue weighted by atomic mass is 9.91. The summed E-state index contributed by atoms with van der Waals surface area (Å²) in [5, 5.41) is 247. The van der Waals surface area contributed by atoms with Crippen LogP contribution in [0.5, 0.6) is 0 Å². The van der Waals surface area contributed by atoms with E-state index in [1.54, 1.807) is 0 Å². The number of carbonyl (C=O) groups excluding carboxylic acids is 2. The van der Waals surface area contributed by atoms with E-state index >= 15 is 0 Å². The monoisotopic (exact) mass is 1790 g/mol. The van der Waals surface area contributed by atoms with Gasteiger partial charge in [0, 0.05) is 33.4 Å². The number of ether oxygens (including phenoxy) is 15. The molecule has 7 aliphatic heterocycles. The lowest BCUT2D eigenvalue weighted by molar-refractivity contribution is -0.420. The van der Waals surface area contributed by atoms with Crippen LogP contribution < -0.4 is 11.5 Å². The fourth-order valence-corrected chi connectivity index (χ4v) is 16.4. The first-order valence-corrected chi connectivity index (χ1v) is 40.6. The number of hydrogen-bond acceptors (Lipinski definition) is 51. The molecule has 0 aliphatic carbocycles. The third-order valence-electron chi connectivity index (χ3n) is 18.3. The number of carbonyl (C=O) groups is 3. The molecule has 7 saturated heterocycles. The molecule has 0 radical (unpaired) electrons. The number of esters is 2. The van der Waals surface area contributed by atoms with Gasteiger partial charge >= 0.3 is 49.2 Å². The van der Waals surface area contributed by atoms with E-state index in [1.165, 1.54) is 0 Å². The average Bonchev–Trinajstić information content (AvgIpc) is 0.750. The Morgan fingerprint density at radius 3 is 1.41 bits per heavy atom. The van der Waals surface area contributed by atoms with Crippen LogP contribution >= 0.6 is 31.3 Å². The van der Waals surface area contributed by atoms with Crippen LogP contribution in [0.1, 0.15) is 20.3 Å². The first-order chi connectivity index (χ1) is 54.1. The Morgan fingerprint density at radius 2 is 0.871 bits per heavy atom. The molecular weight excluding hydrogens is 1690 g/mol. The van der Waals surface area contributed by atoms with Crippen molar-refractivity contribution in [2.75, 3.05) is 72.6 Å². The predicted octanol–water partition coefficient (Wildman–Crippen LogP) is -16.8. The van der Waals surface area contributed by atoms with Crippen molar-refractivity contribution in [3.05, 3.63) is 0 Å². The van der Waals surface area contributed by atoms with Crippen molar-refractivity contribution in [3.63, 3.8) is 0 Å². The number of nitrogens with two attached hydrogens (primary N) is 2. The number of hydrogen-bond donors (Lipinski definition) is 29. The van der Waals surface area contributed by atoms with Crippen molar-refractivity contribution in [2.24, 2.45) is 11.5 Å². The number of rotatable bonds is 40. The highest BCUT2D eigenvalue weighted by Crippen LogP contribution is 2.62. The molecule has 7 fully saturated rings. The van der Waals surface area contributed by atoms with Gasteiger partial charge in [-0.3, -0.25) is 32.2 Å². The topological polar surface area (TPSA) is 912 Å². The summed E-state index contributed by atoms with van der Waals surface area (Å²) in [6, 6.07) is 0. The van der Waals surface area contributed by atoms with E-state index in [0.717, 1.165) is 6.92 Å². The van der Waals surface area contributed by atoms with Crippen molar-refractivity contribution >= 4 is 49.2 Å². The molecule has 7 aliphatic rings. The number of carboxylic acids is 1. The summed E-state index contributed by atoms with van der Waals surface area (Å²) in [5.41, 5.74) is 10.7. The number of phosphoric acid groups is 4. The molecular formula is C55H98N2O55P4. The molecule has 41 atom stereocenters. The summed E-state index contributed by atoms with van der Waals surface area (Å²) < 4.78 is 167. The number of aliphatic carboxylic acids is 1. The largest absolute Gasteiger partial charge is 0.481 e. The van der Waals surface area contributed by atoms with Gasteiger partial charge in [0.05, 0.1) is 59.5 Å². The van der Waals surface area contributed by atoms with Crippen molar-refractivity contribution in [3.8, 4) is 0 Å². The highest BCUT2D eigenvalue weighted by atomic mass is 31.3. The number of aliphatic hydroxyl groups excluding tert-OH is 20. The van der Waals surface area contributed by atoms with E-state index in [1.807, 2.05) is 0 Å². The fraction of sp³-hybridized carbons (Fsp3) is 0.945. The molecule has 116 heavy (non-hydrogen) atoms. The van der Waals surface area contributed by atoms with Crippen LogP contribution in [0.15, 0.2) is 0 Å². The Bertz CT molecular complexity index is 3310. The fourth-order valence-electron chi connectivity index (χ4n) is 12.9. The molecule has 57 nitrogen and oxygen atoms in total. The maximum Gasteiger partial charge on any atom is 0.481 e. The van der Waals surface area contributed by atoms with E-state index < -0.39 is 361 Å². The van der Waals surface area contributed by atoms with E-state index in [4.69, 9.17) is 96.1 Å². The van der Waals surface area contributed by atoms with Crippen LogP contribution in [0.4, 0.5) is 0 Å². The Kier molecular flexibility index (Phi) is 37.2. The normalized spacial score (nSPS) is 42.7. The van der Waals surface area contributed by atoms with Gasteiger partial charge in [0.25, 0.3) is 5.79 Å². The van der Waals surface area contributed by atoms with Gasteiger partial charge in [0.2, 0.25) is 0 Å². The first kappa shape index (κ1) is 101. The molecule has 0 aromatic carbocycles. The summed E-state index contributed by atoms with van der Waals surface area (Å²) in [6.45, 7) is -11.5. The summed E-state index contributed by atoms with van der Waals surface area (Å²) in [6.07, 6.45) is -97.5. The van der Waals surface area contributed by atoms with Crippen molar-refractivity contribution in [1.29, 1.82) is 0 Å². The van der Waals surface area contributed by atoms with Crippen LogP contribution in [0.25, 0.3) is 0 Å². The third-order valence-corrected chi connectivity index (χ3v) is 22.6. The lowest BCUT2D eigenvalue weighted by Crippen LogP contribution is -2.71. The highest BCUT2D eigenvalue weighted by Gasteiger charge is 2.64. The Labute approximate surface area is 652 Å². The molecule has 0 aromatic heterocycles. The van der Waals surface area contributed by atoms with Crippen molar-refractivity contribution < 1.29 is 267 Å². The van der Waals surface area contributed by atoms with E-state index in [2.05, 4.69) is 13.4 Å². The van der Waals surface area contributed by atoms with Gasteiger partial charge in [-0.1, -0.05) is 0 Å². The molecule has 0 spiro atoms. The Morgan fingerprint density at radius 1 is 0.431 bits per heavy atom. The second kappa shape index (κ2) is 42.9. The number of phosphoric ester groups is 4. The van der Waals surface area contributed by atoms with E-state index in [-0.39, 0.29) is 0 Å². The zero-order chi connectivity index (χ0) is 86.9. The van der Waals surface area contributed by atoms with Gasteiger partial charge in [-0.25, -0.2) is 23.1 Å². The van der Waals surface area contributed by atoms with Gasteiger partial charge < -0.3 is 219 Å². The van der Waals surface area contributed by atoms with E-state index in [0.29, 0.717) is 6.92 Å². The summed E-state index contributed by atoms with van der Waals surface area (Å²) >= 11 is 0. The van der Waals surface area contributed by atoms with Gasteiger partial charge in [0.1, 0.15) is 171 Å². The van der Waals surface area contributed by atoms with Gasteiger partial charge in [-0.2, -0.15) is 4.31 Å². The molecule has 0 aromatic rings. The third kappa shape index (κ3) is 24.9. The first-order valence-electron chi connectivity index (χ1n) is 34.6. The number of carboxylic acid groups (broad SMARTS) is 1. The lowest BCUT2D eigenvalue weighted by Gasteiger charge is -2.53. The molecule has 61 heteroatoms. The molecule has 3 unspecified atom stereocenters. The summed E-state index contributed by atoms with van der Waals surface area (Å²) in [7, 11) is -23.5. The second-order valence-electron chi connectivity index (χ2n) is 26.7. The van der Waals surface area contributed by atoms with Crippen LogP contribution in [0.2, 0.25) is 0 Å². The van der Waals surface area contributed by atoms with Crippen molar-refractivity contribution in [2.45, 2.75) is 253 Å². The molecule has 0 bridgehead atoms. The number of aliphatic hydroxyl groups is 21. The predicted molar refractivity (Wildman–Crippen MR) is 349 cm³/mol. The zero-order valence-corrected chi connectivity index (χ0v) is 63.9. The highest BCUT2D eigenvalue weighted by molar-refractivity contribution is 7.61. The molecule has 31 N–H and O–H groups in total.